The smallest absolute Gasteiger partial charge is 0.267 e. The van der Waals surface area contributed by atoms with Crippen LogP contribution in [0.3, 0.4) is 0 Å². The molecule has 0 fully saturated rings. The lowest BCUT2D eigenvalue weighted by Gasteiger charge is -1.94. The van der Waals surface area contributed by atoms with Crippen LogP contribution in [0.5, 0.6) is 0 Å². The van der Waals surface area contributed by atoms with E-state index in [1.165, 1.54) is 4.68 Å². The van der Waals surface area contributed by atoms with Gasteiger partial charge in [-0.3, -0.25) is 9.48 Å². The van der Waals surface area contributed by atoms with Crippen LogP contribution in [0.1, 0.15) is 10.5 Å². The average molecular weight is 212 g/mol. The van der Waals surface area contributed by atoms with E-state index in [9.17, 15) is 4.79 Å². The molecule has 0 atom stereocenters. The van der Waals surface area contributed by atoms with Crippen LogP contribution in [-0.4, -0.2) is 15.7 Å². The minimum absolute atomic E-state index is 0. The summed E-state index contributed by atoms with van der Waals surface area (Å²) >= 11 is 0. The van der Waals surface area contributed by atoms with Gasteiger partial charge in [-0.05, 0) is 6.07 Å². The molecule has 2 rings (SSSR count). The molecule has 0 saturated carbocycles. The third-order valence-corrected chi connectivity index (χ3v) is 1.97. The van der Waals surface area contributed by atoms with E-state index < -0.39 is 5.91 Å². The number of hydrogen-bond acceptors (Lipinski definition) is 2. The number of benzene rings is 1. The highest BCUT2D eigenvalue weighted by Gasteiger charge is 2.12. The summed E-state index contributed by atoms with van der Waals surface area (Å²) in [5.41, 5.74) is 6.47. The number of aromatic nitrogens is 2. The highest BCUT2D eigenvalue weighted by molar-refractivity contribution is 6.04. The largest absolute Gasteiger partial charge is 0.364 e. The molecule has 0 aliphatic rings. The fraction of sp³-hybridized carbons (Fsp3) is 0.111. The maximum absolute atomic E-state index is 11.1. The molecule has 5 heteroatoms. The van der Waals surface area contributed by atoms with Crippen LogP contribution in [-0.2, 0) is 7.05 Å². The second kappa shape index (κ2) is 3.67. The molecule has 1 amide bonds. The lowest BCUT2D eigenvalue weighted by atomic mass is 10.2. The van der Waals surface area contributed by atoms with Crippen molar-refractivity contribution in [3.63, 3.8) is 0 Å². The van der Waals surface area contributed by atoms with E-state index in [0.29, 0.717) is 5.69 Å². The van der Waals surface area contributed by atoms with Gasteiger partial charge in [-0.25, -0.2) is 0 Å². The van der Waals surface area contributed by atoms with E-state index in [2.05, 4.69) is 5.10 Å². The summed E-state index contributed by atoms with van der Waals surface area (Å²) in [5, 5.41) is 4.95. The third-order valence-electron chi connectivity index (χ3n) is 1.97. The monoisotopic (exact) mass is 211 g/mol. The number of primary amides is 1. The van der Waals surface area contributed by atoms with E-state index in [4.69, 9.17) is 5.73 Å². The Morgan fingerprint density at radius 2 is 2.07 bits per heavy atom. The van der Waals surface area contributed by atoms with Crippen molar-refractivity contribution < 1.29 is 4.79 Å². The van der Waals surface area contributed by atoms with Crippen molar-refractivity contribution in [3.8, 4) is 0 Å². The molecule has 4 nitrogen and oxygen atoms in total. The molecule has 1 aromatic carbocycles. The zero-order valence-electron chi connectivity index (χ0n) is 7.60. The van der Waals surface area contributed by atoms with Gasteiger partial charge >= 0.3 is 0 Å². The highest BCUT2D eigenvalue weighted by atomic mass is 35.5. The maximum Gasteiger partial charge on any atom is 0.267 e. The zero-order valence-corrected chi connectivity index (χ0v) is 8.41. The Hall–Kier alpha value is -1.55. The van der Waals surface area contributed by atoms with Crippen LogP contribution in [0.15, 0.2) is 24.3 Å². The van der Waals surface area contributed by atoms with Crippen LogP contribution in [0.25, 0.3) is 10.9 Å². The first-order valence-corrected chi connectivity index (χ1v) is 3.91. The van der Waals surface area contributed by atoms with E-state index in [1.807, 2.05) is 24.3 Å². The van der Waals surface area contributed by atoms with Gasteiger partial charge in [-0.15, -0.1) is 12.4 Å². The van der Waals surface area contributed by atoms with Crippen LogP contribution < -0.4 is 5.73 Å². The minimum Gasteiger partial charge on any atom is -0.364 e. The van der Waals surface area contributed by atoms with Crippen molar-refractivity contribution in [1.82, 2.24) is 9.78 Å². The van der Waals surface area contributed by atoms with Crippen molar-refractivity contribution >= 4 is 29.2 Å². The molecule has 0 spiro atoms. The molecule has 0 unspecified atom stereocenters. The van der Waals surface area contributed by atoms with Gasteiger partial charge in [0.2, 0.25) is 0 Å². The summed E-state index contributed by atoms with van der Waals surface area (Å²) in [6.07, 6.45) is 0. The van der Waals surface area contributed by atoms with Crippen LogP contribution in [0.4, 0.5) is 0 Å². The van der Waals surface area contributed by atoms with Gasteiger partial charge in [0.05, 0.1) is 5.52 Å². The molecule has 14 heavy (non-hydrogen) atoms. The fourth-order valence-corrected chi connectivity index (χ4v) is 1.44. The van der Waals surface area contributed by atoms with E-state index in [1.54, 1.807) is 7.05 Å². The second-order valence-corrected chi connectivity index (χ2v) is 2.85. The molecule has 0 bridgehead atoms. The molecule has 2 aromatic rings. The Morgan fingerprint density at radius 1 is 1.43 bits per heavy atom. The van der Waals surface area contributed by atoms with Gasteiger partial charge in [0.1, 0.15) is 5.69 Å². The molecule has 74 valence electrons. The summed E-state index contributed by atoms with van der Waals surface area (Å²) in [5.74, 6) is -0.448. The number of amides is 1. The number of hydrogen-bond donors (Lipinski definition) is 1. The molecule has 0 aliphatic carbocycles. The van der Waals surface area contributed by atoms with Crippen molar-refractivity contribution in [1.29, 1.82) is 0 Å². The summed E-state index contributed by atoms with van der Waals surface area (Å²) in [6.45, 7) is 0. The maximum atomic E-state index is 11.1. The second-order valence-electron chi connectivity index (χ2n) is 2.85. The summed E-state index contributed by atoms with van der Waals surface area (Å²) in [4.78, 5) is 11.1. The predicted octanol–water partition coefficient (Wildman–Crippen LogP) is 1.09. The SMILES string of the molecule is Cl.Cn1nc2ccccc2c1C(N)=O. The topological polar surface area (TPSA) is 60.9 Å². The predicted molar refractivity (Wildman–Crippen MR) is 56.5 cm³/mol. The number of carbonyl (C=O) groups excluding carboxylic acids is 1. The molecular weight excluding hydrogens is 202 g/mol. The van der Waals surface area contributed by atoms with Gasteiger partial charge in [-0.2, -0.15) is 5.10 Å². The molecule has 1 heterocycles. The van der Waals surface area contributed by atoms with Gasteiger partial charge in [0, 0.05) is 12.4 Å². The van der Waals surface area contributed by atoms with Gasteiger partial charge in [0.25, 0.3) is 5.91 Å². The molecule has 1 aromatic heterocycles. The third kappa shape index (κ3) is 1.44. The van der Waals surface area contributed by atoms with Gasteiger partial charge in [0.15, 0.2) is 0 Å². The number of nitrogens with two attached hydrogens (primary N) is 1. The Morgan fingerprint density at radius 3 is 2.71 bits per heavy atom. The number of rotatable bonds is 1. The van der Waals surface area contributed by atoms with E-state index in [0.717, 1.165) is 10.9 Å². The first kappa shape index (κ1) is 10.5. The zero-order chi connectivity index (χ0) is 9.42. The molecule has 0 radical (unpaired) electrons. The summed E-state index contributed by atoms with van der Waals surface area (Å²) in [7, 11) is 1.71. The number of aryl methyl sites for hydroxylation is 1. The van der Waals surface area contributed by atoms with Crippen molar-refractivity contribution in [2.45, 2.75) is 0 Å². The van der Waals surface area contributed by atoms with Crippen molar-refractivity contribution in [3.05, 3.63) is 30.0 Å². The lowest BCUT2D eigenvalue weighted by molar-refractivity contribution is 0.0993. The molecule has 0 saturated heterocycles. The lowest BCUT2D eigenvalue weighted by Crippen LogP contribution is -2.15. The van der Waals surface area contributed by atoms with Crippen LogP contribution in [0, 0.1) is 0 Å². The first-order valence-electron chi connectivity index (χ1n) is 3.91. The Bertz CT molecular complexity index is 478. The van der Waals surface area contributed by atoms with Crippen LogP contribution >= 0.6 is 12.4 Å². The van der Waals surface area contributed by atoms with Crippen LogP contribution in [0.2, 0.25) is 0 Å². The quantitative estimate of drug-likeness (QED) is 0.768. The van der Waals surface area contributed by atoms with Gasteiger partial charge in [-0.1, -0.05) is 18.2 Å². The Kier molecular flexibility index (Phi) is 2.76. The average Bonchev–Trinajstić information content (AvgIpc) is 2.39. The summed E-state index contributed by atoms with van der Waals surface area (Å²) in [6, 6.07) is 7.42. The number of fused-ring (bicyclic) bond motifs is 1. The first-order chi connectivity index (χ1) is 6.20. The Labute approximate surface area is 87.1 Å². The minimum atomic E-state index is -0.448. The fourth-order valence-electron chi connectivity index (χ4n) is 1.44. The normalized spacial score (nSPS) is 9.79. The number of halogens is 1. The van der Waals surface area contributed by atoms with Crippen molar-refractivity contribution in [2.24, 2.45) is 12.8 Å². The van der Waals surface area contributed by atoms with E-state index in [-0.39, 0.29) is 12.4 Å². The Balaban J connectivity index is 0.000000980. The summed E-state index contributed by atoms with van der Waals surface area (Å²) < 4.78 is 1.51. The van der Waals surface area contributed by atoms with Crippen molar-refractivity contribution in [2.75, 3.05) is 0 Å². The number of carbonyl (C=O) groups is 1. The molecular formula is C9H10ClN3O. The standard InChI is InChI=1S/C9H9N3O.ClH/c1-12-8(9(10)13)6-4-2-3-5-7(6)11-12;/h2-5H,1H3,(H2,10,13);1H. The number of nitrogens with zero attached hydrogens (tertiary/aromatic N) is 2. The highest BCUT2D eigenvalue weighted by Crippen LogP contribution is 2.16. The molecule has 2 N–H and O–H groups in total. The van der Waals surface area contributed by atoms with E-state index >= 15 is 0 Å². The molecule has 0 aliphatic heterocycles. The van der Waals surface area contributed by atoms with Gasteiger partial charge < -0.3 is 5.73 Å².